The molecule has 0 saturated carbocycles. The normalized spacial score (nSPS) is 16.5. The molecule has 132 valence electrons. The van der Waals surface area contributed by atoms with E-state index in [9.17, 15) is 0 Å². The molecule has 0 unspecified atom stereocenters. The first-order valence-corrected chi connectivity index (χ1v) is 9.77. The molecule has 6 nitrogen and oxygen atoms in total. The summed E-state index contributed by atoms with van der Waals surface area (Å²) in [6, 6.07) is 6.08. The molecule has 0 amide bonds. The van der Waals surface area contributed by atoms with Crippen molar-refractivity contribution in [2.24, 2.45) is 7.05 Å². The van der Waals surface area contributed by atoms with E-state index in [0.717, 1.165) is 62.2 Å². The van der Waals surface area contributed by atoms with E-state index in [2.05, 4.69) is 30.4 Å². The van der Waals surface area contributed by atoms with Gasteiger partial charge in [-0.2, -0.15) is 5.26 Å². The Morgan fingerprint density at radius 3 is 2.56 bits per heavy atom. The maximum Gasteiger partial charge on any atom is 0.122 e. The monoisotopic (exact) mass is 356 g/mol. The first-order chi connectivity index (χ1) is 12.2. The van der Waals surface area contributed by atoms with Gasteiger partial charge in [0.25, 0.3) is 0 Å². The Morgan fingerprint density at radius 1 is 1.16 bits per heavy atom. The second kappa shape index (κ2) is 8.48. The summed E-state index contributed by atoms with van der Waals surface area (Å²) in [6.45, 7) is 5.99. The van der Waals surface area contributed by atoms with E-state index < -0.39 is 0 Å². The molecular weight excluding hydrogens is 332 g/mol. The number of pyridine rings is 1. The third-order valence-corrected chi connectivity index (χ3v) is 5.28. The van der Waals surface area contributed by atoms with E-state index in [1.165, 1.54) is 11.8 Å². The number of hydrogen-bond donors (Lipinski definition) is 0. The highest BCUT2D eigenvalue weighted by Gasteiger charge is 2.17. The Kier molecular flexibility index (Phi) is 6.08. The van der Waals surface area contributed by atoms with E-state index in [0.29, 0.717) is 5.56 Å². The molecule has 1 saturated heterocycles. The molecule has 0 N–H and O–H groups in total. The molecule has 0 aromatic carbocycles. The molecule has 2 aromatic rings. The van der Waals surface area contributed by atoms with Crippen LogP contribution in [0.3, 0.4) is 0 Å². The van der Waals surface area contributed by atoms with Crippen LogP contribution in [0.5, 0.6) is 0 Å². The van der Waals surface area contributed by atoms with Crippen LogP contribution in [0.1, 0.15) is 23.5 Å². The van der Waals surface area contributed by atoms with Crippen molar-refractivity contribution in [3.63, 3.8) is 0 Å². The van der Waals surface area contributed by atoms with Crippen molar-refractivity contribution in [2.75, 3.05) is 32.4 Å². The number of thioether (sulfide) groups is 1. The van der Waals surface area contributed by atoms with Crippen LogP contribution >= 0.6 is 11.8 Å². The smallest absolute Gasteiger partial charge is 0.122 e. The number of aromatic nitrogens is 3. The van der Waals surface area contributed by atoms with Crippen molar-refractivity contribution in [1.82, 2.24) is 24.3 Å². The van der Waals surface area contributed by atoms with Crippen molar-refractivity contribution < 1.29 is 0 Å². The summed E-state index contributed by atoms with van der Waals surface area (Å²) in [5.74, 6) is 1.12. The van der Waals surface area contributed by atoms with Gasteiger partial charge in [0.05, 0.1) is 17.8 Å². The Morgan fingerprint density at radius 2 is 1.92 bits per heavy atom. The lowest BCUT2D eigenvalue weighted by Crippen LogP contribution is -2.31. The third-order valence-electron chi connectivity index (χ3n) is 4.58. The van der Waals surface area contributed by atoms with E-state index in [-0.39, 0.29) is 0 Å². The summed E-state index contributed by atoms with van der Waals surface area (Å²) in [5.41, 5.74) is 1.70. The Bertz CT molecular complexity index is 750. The summed E-state index contributed by atoms with van der Waals surface area (Å²) < 4.78 is 2.09. The summed E-state index contributed by atoms with van der Waals surface area (Å²) >= 11 is 1.53. The van der Waals surface area contributed by atoms with Crippen molar-refractivity contribution in [3.05, 3.63) is 41.6 Å². The highest BCUT2D eigenvalue weighted by atomic mass is 32.2. The third kappa shape index (κ3) is 4.60. The molecule has 0 spiro atoms. The van der Waals surface area contributed by atoms with Gasteiger partial charge in [0.2, 0.25) is 0 Å². The Balaban J connectivity index is 1.58. The number of hydrogen-bond acceptors (Lipinski definition) is 6. The average Bonchev–Trinajstić information content (AvgIpc) is 2.89. The number of aryl methyl sites for hydroxylation is 1. The van der Waals surface area contributed by atoms with E-state index in [4.69, 9.17) is 5.26 Å². The topological polar surface area (TPSA) is 61.0 Å². The van der Waals surface area contributed by atoms with Crippen LogP contribution in [0.4, 0.5) is 0 Å². The molecule has 7 heteroatoms. The van der Waals surface area contributed by atoms with Gasteiger partial charge in [0.1, 0.15) is 16.9 Å². The van der Waals surface area contributed by atoms with Gasteiger partial charge in [-0.1, -0.05) is 0 Å². The zero-order chi connectivity index (χ0) is 17.6. The van der Waals surface area contributed by atoms with E-state index >= 15 is 0 Å². The molecule has 0 aliphatic carbocycles. The van der Waals surface area contributed by atoms with Gasteiger partial charge in [-0.05, 0) is 37.9 Å². The predicted octanol–water partition coefficient (Wildman–Crippen LogP) is 2.12. The van der Waals surface area contributed by atoms with E-state index in [1.54, 1.807) is 0 Å². The summed E-state index contributed by atoms with van der Waals surface area (Å²) in [4.78, 5) is 14.0. The van der Waals surface area contributed by atoms with Gasteiger partial charge in [-0.3, -0.25) is 9.80 Å². The summed E-state index contributed by atoms with van der Waals surface area (Å²) in [7, 11) is 2.05. The maximum atomic E-state index is 9.13. The number of nitriles is 1. The second-order valence-electron chi connectivity index (χ2n) is 6.33. The van der Waals surface area contributed by atoms with Gasteiger partial charge in [0.15, 0.2) is 0 Å². The van der Waals surface area contributed by atoms with Gasteiger partial charge in [-0.15, -0.1) is 11.8 Å². The zero-order valence-electron chi connectivity index (χ0n) is 14.9. The first kappa shape index (κ1) is 17.9. The molecule has 0 bridgehead atoms. The van der Waals surface area contributed by atoms with Crippen molar-refractivity contribution >= 4 is 11.8 Å². The van der Waals surface area contributed by atoms with Crippen LogP contribution in [-0.4, -0.2) is 56.8 Å². The van der Waals surface area contributed by atoms with Crippen molar-refractivity contribution in [1.29, 1.82) is 5.26 Å². The maximum absolute atomic E-state index is 9.13. The number of rotatable bonds is 5. The molecule has 3 heterocycles. The fourth-order valence-electron chi connectivity index (χ4n) is 3.13. The predicted molar refractivity (Wildman–Crippen MR) is 99.1 cm³/mol. The Labute approximate surface area is 153 Å². The van der Waals surface area contributed by atoms with Crippen LogP contribution in [0, 0.1) is 11.3 Å². The molecular formula is C18H24N6S. The highest BCUT2D eigenvalue weighted by molar-refractivity contribution is 7.98. The quantitative estimate of drug-likeness (QED) is 0.765. The van der Waals surface area contributed by atoms with Gasteiger partial charge < -0.3 is 4.57 Å². The second-order valence-corrected chi connectivity index (χ2v) is 7.13. The molecule has 3 rings (SSSR count). The number of nitrogens with zero attached hydrogens (tertiary/aromatic N) is 6. The van der Waals surface area contributed by atoms with Crippen LogP contribution in [0.2, 0.25) is 0 Å². The molecule has 0 atom stereocenters. The first-order valence-electron chi connectivity index (χ1n) is 8.54. The van der Waals surface area contributed by atoms with Crippen LogP contribution in [0.25, 0.3) is 0 Å². The molecule has 25 heavy (non-hydrogen) atoms. The van der Waals surface area contributed by atoms with E-state index in [1.807, 2.05) is 37.8 Å². The number of imidazole rings is 1. The summed E-state index contributed by atoms with van der Waals surface area (Å²) in [5, 5.41) is 9.95. The lowest BCUT2D eigenvalue weighted by molar-refractivity contribution is 0.240. The fraction of sp³-hybridized carbons (Fsp3) is 0.500. The van der Waals surface area contributed by atoms with Gasteiger partial charge >= 0.3 is 0 Å². The van der Waals surface area contributed by atoms with Crippen molar-refractivity contribution in [3.8, 4) is 6.07 Å². The lowest BCUT2D eigenvalue weighted by Gasteiger charge is -2.21. The van der Waals surface area contributed by atoms with Crippen LogP contribution in [-0.2, 0) is 20.1 Å². The summed E-state index contributed by atoms with van der Waals surface area (Å²) in [6.07, 6.45) is 6.98. The lowest BCUT2D eigenvalue weighted by atomic mass is 10.2. The van der Waals surface area contributed by atoms with Crippen LogP contribution < -0.4 is 0 Å². The average molecular weight is 356 g/mol. The fourth-order valence-corrected chi connectivity index (χ4v) is 3.67. The van der Waals surface area contributed by atoms with Gasteiger partial charge in [-0.25, -0.2) is 9.97 Å². The minimum atomic E-state index is 0.661. The molecule has 2 aromatic heterocycles. The van der Waals surface area contributed by atoms with Gasteiger partial charge in [0, 0.05) is 39.1 Å². The highest BCUT2D eigenvalue weighted by Crippen LogP contribution is 2.18. The van der Waals surface area contributed by atoms with Crippen LogP contribution in [0.15, 0.2) is 29.6 Å². The Hall–Kier alpha value is -1.88. The molecule has 0 radical (unpaired) electrons. The zero-order valence-corrected chi connectivity index (χ0v) is 15.7. The SMILES string of the molecule is CSc1nc(CN2CCCN(Cc3nccn3C)CC2)ccc1C#N. The minimum Gasteiger partial charge on any atom is -0.337 e. The largest absolute Gasteiger partial charge is 0.337 e. The molecule has 1 fully saturated rings. The standard InChI is InChI=1S/C18H24N6S/c1-22-9-6-20-17(22)14-24-8-3-7-23(10-11-24)13-16-5-4-15(12-19)18(21-16)25-2/h4-6,9H,3,7-8,10-11,13-14H2,1-2H3. The minimum absolute atomic E-state index is 0.661. The molecule has 1 aliphatic heterocycles. The van der Waals surface area contributed by atoms with Crippen molar-refractivity contribution in [2.45, 2.75) is 24.5 Å². The molecule has 1 aliphatic rings.